The number of hydrogen-bond acceptors (Lipinski definition) is 7. The van der Waals surface area contributed by atoms with Gasteiger partial charge in [0.1, 0.15) is 23.9 Å². The van der Waals surface area contributed by atoms with Crippen molar-refractivity contribution in [3.8, 4) is 11.5 Å². The van der Waals surface area contributed by atoms with E-state index >= 15 is 0 Å². The highest BCUT2D eigenvalue weighted by Gasteiger charge is 2.22. The minimum Gasteiger partial charge on any atom is -0.497 e. The Labute approximate surface area is 189 Å². The maximum absolute atomic E-state index is 12.6. The molecule has 32 heavy (non-hydrogen) atoms. The largest absolute Gasteiger partial charge is 0.497 e. The van der Waals surface area contributed by atoms with Gasteiger partial charge in [0.05, 0.1) is 13.7 Å². The van der Waals surface area contributed by atoms with Gasteiger partial charge in [-0.05, 0) is 36.2 Å². The van der Waals surface area contributed by atoms with Gasteiger partial charge >= 0.3 is 0 Å². The lowest BCUT2D eigenvalue weighted by molar-refractivity contribution is -0.166. The first kappa shape index (κ1) is 24.7. The first-order valence-corrected chi connectivity index (χ1v) is 10.1. The Balaban J connectivity index is 0.00000544. The molecule has 2 aromatic rings. The Morgan fingerprint density at radius 2 is 1.81 bits per heavy atom. The van der Waals surface area contributed by atoms with Gasteiger partial charge in [0.15, 0.2) is 0 Å². The van der Waals surface area contributed by atoms with Gasteiger partial charge < -0.3 is 24.8 Å². The normalized spacial score (nSPS) is 10.9. The molecule has 0 heterocycles. The number of benzene rings is 2. The molecule has 0 unspecified atom stereocenters. The van der Waals surface area contributed by atoms with E-state index in [9.17, 15) is 10.0 Å². The van der Waals surface area contributed by atoms with Gasteiger partial charge in [0.25, 0.3) is 11.9 Å². The molecule has 174 valence electrons. The molecule has 3 N–H and O–H groups in total. The van der Waals surface area contributed by atoms with Crippen LogP contribution in [0.3, 0.4) is 0 Å². The minimum atomic E-state index is -0.560. The monoisotopic (exact) mass is 444 g/mol. The zero-order valence-corrected chi connectivity index (χ0v) is 18.4. The summed E-state index contributed by atoms with van der Waals surface area (Å²) in [5, 5.41) is 22.4. The molecular weight excluding hydrogens is 412 g/mol. The molecule has 2 rings (SSSR count). The van der Waals surface area contributed by atoms with Gasteiger partial charge in [-0.25, -0.2) is 5.06 Å². The molecule has 0 spiro atoms. The number of hydroxylamine groups is 2. The van der Waals surface area contributed by atoms with Crippen LogP contribution in [0.5, 0.6) is 11.5 Å². The summed E-state index contributed by atoms with van der Waals surface area (Å²) in [5.74, 6) is 0.933. The van der Waals surface area contributed by atoms with Crippen molar-refractivity contribution in [3.63, 3.8) is 0 Å². The molecule has 0 aliphatic heterocycles. The zero-order chi connectivity index (χ0) is 23.3. The Kier molecular flexibility index (Phi) is 10.0. The van der Waals surface area contributed by atoms with E-state index in [1.165, 1.54) is 0 Å². The summed E-state index contributed by atoms with van der Waals surface area (Å²) in [7, 11) is 3.25. The fourth-order valence-corrected chi connectivity index (χ4v) is 2.66. The summed E-state index contributed by atoms with van der Waals surface area (Å²) >= 11 is 0. The number of carbonyl (C=O) groups excluding carboxylic acids is 1. The van der Waals surface area contributed by atoms with E-state index in [1.54, 1.807) is 43.3 Å². The average Bonchev–Trinajstić information content (AvgIpc) is 2.82. The molecule has 0 aliphatic carbocycles. The molecule has 9 heteroatoms. The molecule has 0 saturated heterocycles. The number of hydrogen-bond donors (Lipinski definition) is 3. The summed E-state index contributed by atoms with van der Waals surface area (Å²) in [4.78, 5) is 18.6. The zero-order valence-electron chi connectivity index (χ0n) is 18.4. The van der Waals surface area contributed by atoms with Gasteiger partial charge in [-0.2, -0.15) is 4.99 Å². The van der Waals surface area contributed by atoms with Gasteiger partial charge in [-0.15, -0.1) is 0 Å². The Bertz CT molecular complexity index is 893. The number of amides is 1. The minimum absolute atomic E-state index is 0. The lowest BCUT2D eigenvalue weighted by Crippen LogP contribution is -2.43. The van der Waals surface area contributed by atoms with E-state index < -0.39 is 5.91 Å². The van der Waals surface area contributed by atoms with Crippen LogP contribution < -0.4 is 14.8 Å². The summed E-state index contributed by atoms with van der Waals surface area (Å²) < 4.78 is 11.2. The van der Waals surface area contributed by atoms with Crippen LogP contribution in [-0.2, 0) is 11.3 Å². The summed E-state index contributed by atoms with van der Waals surface area (Å²) in [6.07, 6.45) is 0.265. The molecule has 2 aromatic carbocycles. The number of aliphatic hydroxyl groups is 1. The maximum atomic E-state index is 12.6. The molecule has 1 amide bonds. The number of aliphatic imine (C=N–C) groups is 1. The van der Waals surface area contributed by atoms with Crippen molar-refractivity contribution in [2.45, 2.75) is 13.0 Å². The number of nitrogens with one attached hydrogen (secondary N) is 1. The summed E-state index contributed by atoms with van der Waals surface area (Å²) in [6, 6.07) is 16.6. The van der Waals surface area contributed by atoms with Gasteiger partial charge in [-0.3, -0.25) is 10.0 Å². The molecule has 0 atom stereocenters. The van der Waals surface area contributed by atoms with Crippen molar-refractivity contribution in [1.82, 2.24) is 15.3 Å². The Hall–Kier alpha value is -3.56. The fraction of sp³-hybridized carbons (Fsp3) is 0.304. The molecule has 0 aromatic heterocycles. The predicted octanol–water partition coefficient (Wildman–Crippen LogP) is 2.47. The number of ether oxygens (including phenoxy) is 2. The second kappa shape index (κ2) is 13.0. The van der Waals surface area contributed by atoms with Crippen LogP contribution in [0.25, 0.3) is 0 Å². The quantitative estimate of drug-likeness (QED) is 0.212. The topological polar surface area (TPSA) is 107 Å². The second-order valence-electron chi connectivity index (χ2n) is 6.80. The van der Waals surface area contributed by atoms with Crippen molar-refractivity contribution in [3.05, 3.63) is 72.6 Å². The van der Waals surface area contributed by atoms with Crippen LogP contribution in [0.15, 0.2) is 72.0 Å². The van der Waals surface area contributed by atoms with Crippen LogP contribution in [0.2, 0.25) is 0 Å². The third-order valence-electron chi connectivity index (χ3n) is 4.42. The Morgan fingerprint density at radius 1 is 1.16 bits per heavy atom. The van der Waals surface area contributed by atoms with Crippen LogP contribution in [0, 0.1) is 0 Å². The highest BCUT2D eigenvalue weighted by atomic mass is 16.5. The van der Waals surface area contributed by atoms with E-state index in [0.717, 1.165) is 5.56 Å². The van der Waals surface area contributed by atoms with Crippen molar-refractivity contribution in [2.24, 2.45) is 4.99 Å². The van der Waals surface area contributed by atoms with E-state index in [2.05, 4.69) is 16.9 Å². The van der Waals surface area contributed by atoms with Crippen LogP contribution >= 0.6 is 0 Å². The second-order valence-corrected chi connectivity index (χ2v) is 6.80. The third kappa shape index (κ3) is 7.93. The molecule has 0 saturated carbocycles. The number of aliphatic hydroxyl groups excluding tert-OH is 1. The first-order valence-electron chi connectivity index (χ1n) is 10.1. The number of nitrogens with zero attached hydrogens (tertiary/aromatic N) is 3. The molecular formula is C23H32N4O5. The van der Waals surface area contributed by atoms with Crippen LogP contribution in [0.1, 0.15) is 13.4 Å². The summed E-state index contributed by atoms with van der Waals surface area (Å²) in [6.45, 7) is 3.81. The molecule has 0 radical (unpaired) electrons. The van der Waals surface area contributed by atoms with Crippen molar-refractivity contribution < 1.29 is 26.0 Å². The number of amidine groups is 1. The average molecular weight is 445 g/mol. The highest BCUT2D eigenvalue weighted by molar-refractivity contribution is 5.84. The third-order valence-corrected chi connectivity index (χ3v) is 4.42. The van der Waals surface area contributed by atoms with Gasteiger partial charge in [0.2, 0.25) is 0 Å². The lowest BCUT2D eigenvalue weighted by Gasteiger charge is -2.27. The standard InChI is InChI=1S/C23H30N4O5.H2/c1-18(24-2)25-23(32-21-12-10-20(31-3)11-13-21)26(16-19-8-5-4-6-9-19)17-22(29)27(30)14-7-15-28;/h4-6,8-13,24,28,30H,1,7,14-17H2,2-3H3;1H/b25-23+;. The summed E-state index contributed by atoms with van der Waals surface area (Å²) in [5.41, 5.74) is 0.918. The van der Waals surface area contributed by atoms with Gasteiger partial charge in [0, 0.05) is 21.6 Å². The van der Waals surface area contributed by atoms with E-state index in [-0.39, 0.29) is 33.6 Å². The first-order chi connectivity index (χ1) is 15.5. The van der Waals surface area contributed by atoms with Gasteiger partial charge in [-0.1, -0.05) is 36.9 Å². The lowest BCUT2D eigenvalue weighted by atomic mass is 10.2. The van der Waals surface area contributed by atoms with Crippen molar-refractivity contribution in [1.29, 1.82) is 0 Å². The molecule has 0 aliphatic rings. The predicted molar refractivity (Wildman–Crippen MR) is 123 cm³/mol. The molecule has 0 bridgehead atoms. The van der Waals surface area contributed by atoms with Crippen molar-refractivity contribution >= 4 is 11.9 Å². The number of rotatable bonds is 11. The number of carbonyl (C=O) groups is 1. The maximum Gasteiger partial charge on any atom is 0.300 e. The van der Waals surface area contributed by atoms with E-state index in [0.29, 0.717) is 28.9 Å². The highest BCUT2D eigenvalue weighted by Crippen LogP contribution is 2.19. The molecule has 9 nitrogen and oxygen atoms in total. The van der Waals surface area contributed by atoms with Crippen LogP contribution in [0.4, 0.5) is 0 Å². The number of methoxy groups -OCH3 is 1. The van der Waals surface area contributed by atoms with Crippen LogP contribution in [-0.4, -0.2) is 66.1 Å². The fourth-order valence-electron chi connectivity index (χ4n) is 2.66. The Morgan fingerprint density at radius 3 is 2.41 bits per heavy atom. The molecule has 0 fully saturated rings. The van der Waals surface area contributed by atoms with E-state index in [4.69, 9.17) is 14.6 Å². The smallest absolute Gasteiger partial charge is 0.300 e. The van der Waals surface area contributed by atoms with Crippen molar-refractivity contribution in [2.75, 3.05) is 33.9 Å². The van der Waals surface area contributed by atoms with E-state index in [1.807, 2.05) is 30.3 Å². The SMILES string of the molecule is C=C(/N=C(/Oc1ccc(OC)cc1)N(CC(=O)N(O)CCCO)Cc1ccccc1)NC.[HH].